The maximum atomic E-state index is 10.1. The predicted molar refractivity (Wildman–Crippen MR) is 164 cm³/mol. The van der Waals surface area contributed by atoms with Gasteiger partial charge in [-0.1, -0.05) is 175 Å². The van der Waals surface area contributed by atoms with Gasteiger partial charge in [0.2, 0.25) is 0 Å². The average Bonchev–Trinajstić information content (AvgIpc) is 2.88. The van der Waals surface area contributed by atoms with Crippen LogP contribution in [0.4, 0.5) is 0 Å². The van der Waals surface area contributed by atoms with Gasteiger partial charge in [-0.3, -0.25) is 0 Å². The molecule has 0 aliphatic carbocycles. The molecule has 0 spiro atoms. The standard InChI is InChI=1S/C26H54O.C8H18O/c1-3-5-7-9-11-13-14-15-17-19-21-23-25-26(27)24-22-20-18-16-12-10-8-6-4-2;1-3-5-7-9-8-6-4-2/h26-27H,3-25H2,1-2H3;3-8H2,1-2H3. The highest BCUT2D eigenvalue weighted by atomic mass is 16.5. The van der Waals surface area contributed by atoms with E-state index in [1.807, 2.05) is 0 Å². The lowest BCUT2D eigenvalue weighted by molar-refractivity contribution is 0.128. The van der Waals surface area contributed by atoms with Crippen LogP contribution in [0.15, 0.2) is 0 Å². The van der Waals surface area contributed by atoms with E-state index in [0.717, 1.165) is 26.1 Å². The Kier molecular flexibility index (Phi) is 39.2. The number of aliphatic hydroxyl groups is 1. The van der Waals surface area contributed by atoms with Gasteiger partial charge in [0.25, 0.3) is 0 Å². The van der Waals surface area contributed by atoms with E-state index in [1.54, 1.807) is 0 Å². The van der Waals surface area contributed by atoms with Crippen LogP contribution in [0.2, 0.25) is 0 Å². The fourth-order valence-corrected chi connectivity index (χ4v) is 4.65. The molecule has 2 heteroatoms. The Morgan fingerprint density at radius 2 is 0.611 bits per heavy atom. The highest BCUT2D eigenvalue weighted by molar-refractivity contribution is 4.58. The van der Waals surface area contributed by atoms with Gasteiger partial charge in [-0.05, 0) is 25.7 Å². The molecule has 0 amide bonds. The minimum absolute atomic E-state index is 0.0299. The van der Waals surface area contributed by atoms with Crippen molar-refractivity contribution in [3.63, 3.8) is 0 Å². The Balaban J connectivity index is 0. The van der Waals surface area contributed by atoms with E-state index in [4.69, 9.17) is 4.74 Å². The molecule has 0 radical (unpaired) electrons. The number of ether oxygens (including phenoxy) is 1. The first-order valence-electron chi connectivity index (χ1n) is 17.0. The Morgan fingerprint density at radius 3 is 0.889 bits per heavy atom. The monoisotopic (exact) mass is 513 g/mol. The quantitative estimate of drug-likeness (QED) is 0.101. The summed E-state index contributed by atoms with van der Waals surface area (Å²) in [4.78, 5) is 0. The van der Waals surface area contributed by atoms with Crippen molar-refractivity contribution in [2.45, 2.75) is 207 Å². The first kappa shape index (κ1) is 38.1. The molecule has 0 aliphatic rings. The van der Waals surface area contributed by atoms with Gasteiger partial charge in [0.1, 0.15) is 0 Å². The normalized spacial score (nSPS) is 11.9. The number of aliphatic hydroxyl groups excluding tert-OH is 1. The SMILES string of the molecule is CCCCCCCCCCCCCCC(O)CCCCCCCCCCC.CCCCOCCCC. The van der Waals surface area contributed by atoms with Crippen LogP contribution in [0.25, 0.3) is 0 Å². The van der Waals surface area contributed by atoms with Gasteiger partial charge in [-0.25, -0.2) is 0 Å². The van der Waals surface area contributed by atoms with Crippen molar-refractivity contribution < 1.29 is 9.84 Å². The highest BCUT2D eigenvalue weighted by Crippen LogP contribution is 2.16. The molecule has 2 nitrogen and oxygen atoms in total. The molecule has 1 unspecified atom stereocenters. The summed E-state index contributed by atoms with van der Waals surface area (Å²) in [6.45, 7) is 10.8. The van der Waals surface area contributed by atoms with Crippen LogP contribution in [-0.2, 0) is 4.74 Å². The number of rotatable bonds is 29. The lowest BCUT2D eigenvalue weighted by Crippen LogP contribution is -2.05. The van der Waals surface area contributed by atoms with E-state index in [2.05, 4.69) is 27.7 Å². The second-order valence-electron chi connectivity index (χ2n) is 11.3. The molecule has 0 saturated carbocycles. The van der Waals surface area contributed by atoms with E-state index in [0.29, 0.717) is 0 Å². The fourth-order valence-electron chi connectivity index (χ4n) is 4.65. The summed E-state index contributed by atoms with van der Waals surface area (Å²) in [5.74, 6) is 0. The molecule has 1 atom stereocenters. The summed E-state index contributed by atoms with van der Waals surface area (Å²) in [7, 11) is 0. The van der Waals surface area contributed by atoms with Gasteiger partial charge < -0.3 is 9.84 Å². The first-order chi connectivity index (χ1) is 17.7. The molecule has 0 aromatic heterocycles. The topological polar surface area (TPSA) is 29.5 Å². The third-order valence-corrected chi connectivity index (χ3v) is 7.32. The van der Waals surface area contributed by atoms with E-state index in [9.17, 15) is 5.11 Å². The molecular formula is C34H72O2. The molecule has 0 heterocycles. The van der Waals surface area contributed by atoms with E-state index < -0.39 is 0 Å². The zero-order chi connectivity index (χ0) is 26.8. The van der Waals surface area contributed by atoms with Gasteiger partial charge in [0.15, 0.2) is 0 Å². The van der Waals surface area contributed by atoms with Crippen LogP contribution >= 0.6 is 0 Å². The Hall–Kier alpha value is -0.0800. The van der Waals surface area contributed by atoms with Gasteiger partial charge in [-0.15, -0.1) is 0 Å². The zero-order valence-electron chi connectivity index (χ0n) is 25.9. The second kappa shape index (κ2) is 37.1. The van der Waals surface area contributed by atoms with E-state index >= 15 is 0 Å². The Morgan fingerprint density at radius 1 is 0.361 bits per heavy atom. The summed E-state index contributed by atoms with van der Waals surface area (Å²) in [6, 6.07) is 0. The summed E-state index contributed by atoms with van der Waals surface area (Å²) in [5, 5.41) is 10.1. The van der Waals surface area contributed by atoms with Crippen molar-refractivity contribution in [3.8, 4) is 0 Å². The van der Waals surface area contributed by atoms with Gasteiger partial charge in [0, 0.05) is 13.2 Å². The third-order valence-electron chi connectivity index (χ3n) is 7.32. The second-order valence-corrected chi connectivity index (χ2v) is 11.3. The zero-order valence-corrected chi connectivity index (χ0v) is 25.9. The summed E-state index contributed by atoms with van der Waals surface area (Å²) >= 11 is 0. The van der Waals surface area contributed by atoms with Gasteiger partial charge >= 0.3 is 0 Å². The van der Waals surface area contributed by atoms with Crippen molar-refractivity contribution in [3.05, 3.63) is 0 Å². The third kappa shape index (κ3) is 38.5. The predicted octanol–water partition coefficient (Wildman–Crippen LogP) is 12.0. The molecule has 0 aromatic carbocycles. The van der Waals surface area contributed by atoms with Crippen LogP contribution in [0.1, 0.15) is 201 Å². The molecule has 0 aromatic rings. The minimum Gasteiger partial charge on any atom is -0.393 e. The molecule has 0 rings (SSSR count). The Labute approximate surface area is 230 Å². The summed E-state index contributed by atoms with van der Waals surface area (Å²) in [5.41, 5.74) is 0. The summed E-state index contributed by atoms with van der Waals surface area (Å²) < 4.78 is 5.31. The van der Waals surface area contributed by atoms with Crippen LogP contribution < -0.4 is 0 Å². The maximum absolute atomic E-state index is 10.1. The molecule has 220 valence electrons. The largest absolute Gasteiger partial charge is 0.393 e. The molecule has 0 fully saturated rings. The molecule has 0 aliphatic heterocycles. The van der Waals surface area contributed by atoms with Crippen LogP contribution in [-0.4, -0.2) is 24.4 Å². The van der Waals surface area contributed by atoms with Crippen LogP contribution in [0.5, 0.6) is 0 Å². The number of hydrogen-bond donors (Lipinski definition) is 1. The van der Waals surface area contributed by atoms with Crippen molar-refractivity contribution in [2.75, 3.05) is 13.2 Å². The molecule has 0 saturated heterocycles. The number of hydrogen-bond acceptors (Lipinski definition) is 2. The summed E-state index contributed by atoms with van der Waals surface area (Å²) in [6.07, 6.45) is 36.1. The highest BCUT2D eigenvalue weighted by Gasteiger charge is 2.03. The van der Waals surface area contributed by atoms with Crippen molar-refractivity contribution in [1.82, 2.24) is 0 Å². The Bertz CT molecular complexity index is 338. The molecule has 0 bridgehead atoms. The lowest BCUT2D eigenvalue weighted by Gasteiger charge is -2.10. The van der Waals surface area contributed by atoms with Gasteiger partial charge in [0.05, 0.1) is 6.10 Å². The van der Waals surface area contributed by atoms with Gasteiger partial charge in [-0.2, -0.15) is 0 Å². The van der Waals surface area contributed by atoms with E-state index in [-0.39, 0.29) is 6.10 Å². The fraction of sp³-hybridized carbons (Fsp3) is 1.00. The van der Waals surface area contributed by atoms with Crippen molar-refractivity contribution in [2.24, 2.45) is 0 Å². The molecular weight excluding hydrogens is 440 g/mol. The van der Waals surface area contributed by atoms with E-state index in [1.165, 1.54) is 161 Å². The smallest absolute Gasteiger partial charge is 0.0540 e. The maximum Gasteiger partial charge on any atom is 0.0540 e. The minimum atomic E-state index is -0.0299. The average molecular weight is 513 g/mol. The lowest BCUT2D eigenvalue weighted by atomic mass is 10.0. The van der Waals surface area contributed by atoms with Crippen LogP contribution in [0.3, 0.4) is 0 Å². The first-order valence-corrected chi connectivity index (χ1v) is 17.0. The molecule has 1 N–H and O–H groups in total. The van der Waals surface area contributed by atoms with Crippen molar-refractivity contribution in [1.29, 1.82) is 0 Å². The molecule has 36 heavy (non-hydrogen) atoms. The van der Waals surface area contributed by atoms with Crippen LogP contribution in [0, 0.1) is 0 Å². The number of unbranched alkanes of at least 4 members (excludes halogenated alkanes) is 21. The van der Waals surface area contributed by atoms with Crippen molar-refractivity contribution >= 4 is 0 Å².